The number of rotatable bonds is 6. The summed E-state index contributed by atoms with van der Waals surface area (Å²) in [5.74, 6) is 1.33. The normalized spacial score (nSPS) is 25.1. The highest BCUT2D eigenvalue weighted by atomic mass is 35.5. The van der Waals surface area contributed by atoms with Gasteiger partial charge in [0.25, 0.3) is 0 Å². The smallest absolute Gasteiger partial charge is 0.124 e. The number of hydrogen-bond acceptors (Lipinski definition) is 4. The quantitative estimate of drug-likeness (QED) is 0.749. The number of benzene rings is 1. The van der Waals surface area contributed by atoms with Crippen LogP contribution >= 0.6 is 12.4 Å². The molecule has 1 saturated heterocycles. The van der Waals surface area contributed by atoms with Crippen LogP contribution in [0, 0.1) is 5.92 Å². The number of β-amino-alcohol motifs (C(OH)–C–C–N with tert-alkyl or cyclic N) is 1. The first-order valence-electron chi connectivity index (χ1n) is 8.17. The van der Waals surface area contributed by atoms with E-state index < -0.39 is 0 Å². The minimum absolute atomic E-state index is 0. The van der Waals surface area contributed by atoms with E-state index in [1.54, 1.807) is 0 Å². The first-order chi connectivity index (χ1) is 10.3. The third-order valence-electron chi connectivity index (χ3n) is 4.59. The Morgan fingerprint density at radius 1 is 1.18 bits per heavy atom. The summed E-state index contributed by atoms with van der Waals surface area (Å²) in [4.78, 5) is 0. The lowest BCUT2D eigenvalue weighted by atomic mass is 10.1. The van der Waals surface area contributed by atoms with Crippen LogP contribution < -0.4 is 15.4 Å². The Morgan fingerprint density at radius 3 is 2.68 bits per heavy atom. The van der Waals surface area contributed by atoms with Gasteiger partial charge in [0.05, 0.1) is 12.2 Å². The molecule has 2 fully saturated rings. The predicted octanol–water partition coefficient (Wildman–Crippen LogP) is 2.10. The monoisotopic (exact) mass is 326 g/mol. The third kappa shape index (κ3) is 4.59. The number of hydrogen-bond donors (Lipinski definition) is 3. The summed E-state index contributed by atoms with van der Waals surface area (Å²) in [7, 11) is 0. The second kappa shape index (κ2) is 8.73. The van der Waals surface area contributed by atoms with Gasteiger partial charge in [-0.2, -0.15) is 0 Å². The minimum Gasteiger partial charge on any atom is -0.490 e. The zero-order valence-electron chi connectivity index (χ0n) is 13.0. The Balaban J connectivity index is 0.00000176. The van der Waals surface area contributed by atoms with Crippen molar-refractivity contribution in [2.45, 2.75) is 44.4 Å². The van der Waals surface area contributed by atoms with Crippen LogP contribution in [0.5, 0.6) is 5.75 Å². The molecule has 22 heavy (non-hydrogen) atoms. The number of aliphatic hydroxyl groups is 1. The highest BCUT2D eigenvalue weighted by molar-refractivity contribution is 5.85. The zero-order valence-corrected chi connectivity index (χ0v) is 13.8. The fourth-order valence-corrected chi connectivity index (χ4v) is 3.27. The SMILES string of the molecule is Cl.OC1CNCC1CNCc1ccccc1OC1CCCC1. The van der Waals surface area contributed by atoms with Crippen molar-refractivity contribution in [3.63, 3.8) is 0 Å². The van der Waals surface area contributed by atoms with E-state index >= 15 is 0 Å². The van der Waals surface area contributed by atoms with E-state index in [2.05, 4.69) is 28.8 Å². The summed E-state index contributed by atoms with van der Waals surface area (Å²) >= 11 is 0. The van der Waals surface area contributed by atoms with Crippen LogP contribution in [0.1, 0.15) is 31.2 Å². The molecule has 1 saturated carbocycles. The molecule has 0 amide bonds. The van der Waals surface area contributed by atoms with Gasteiger partial charge in [0.2, 0.25) is 0 Å². The number of aliphatic hydroxyl groups excluding tert-OH is 1. The lowest BCUT2D eigenvalue weighted by molar-refractivity contribution is 0.146. The largest absolute Gasteiger partial charge is 0.490 e. The van der Waals surface area contributed by atoms with Crippen molar-refractivity contribution in [2.75, 3.05) is 19.6 Å². The van der Waals surface area contributed by atoms with Crippen molar-refractivity contribution in [1.29, 1.82) is 0 Å². The van der Waals surface area contributed by atoms with E-state index in [1.165, 1.54) is 31.2 Å². The number of halogens is 1. The maximum Gasteiger partial charge on any atom is 0.124 e. The van der Waals surface area contributed by atoms with Crippen molar-refractivity contribution in [3.05, 3.63) is 29.8 Å². The third-order valence-corrected chi connectivity index (χ3v) is 4.59. The lowest BCUT2D eigenvalue weighted by Crippen LogP contribution is -2.30. The molecule has 0 bridgehead atoms. The first kappa shape index (κ1) is 17.5. The molecule has 1 heterocycles. The maximum atomic E-state index is 9.80. The zero-order chi connectivity index (χ0) is 14.5. The Bertz CT molecular complexity index is 452. The van der Waals surface area contributed by atoms with Gasteiger partial charge in [-0.3, -0.25) is 0 Å². The molecule has 2 atom stereocenters. The van der Waals surface area contributed by atoms with Crippen molar-refractivity contribution >= 4 is 12.4 Å². The van der Waals surface area contributed by atoms with Gasteiger partial charge < -0.3 is 20.5 Å². The predicted molar refractivity (Wildman–Crippen MR) is 90.6 cm³/mol. The van der Waals surface area contributed by atoms with Gasteiger partial charge in [-0.1, -0.05) is 18.2 Å². The van der Waals surface area contributed by atoms with Crippen LogP contribution in [0.15, 0.2) is 24.3 Å². The average molecular weight is 327 g/mol. The summed E-state index contributed by atoms with van der Waals surface area (Å²) in [6, 6.07) is 8.30. The summed E-state index contributed by atoms with van der Waals surface area (Å²) in [6.07, 6.45) is 5.12. The summed E-state index contributed by atoms with van der Waals surface area (Å²) in [6.45, 7) is 3.25. The van der Waals surface area contributed by atoms with Crippen molar-refractivity contribution in [3.8, 4) is 5.75 Å². The fraction of sp³-hybridized carbons (Fsp3) is 0.647. The molecule has 3 N–H and O–H groups in total. The molecule has 1 aliphatic heterocycles. The molecule has 0 radical (unpaired) electrons. The van der Waals surface area contributed by atoms with Gasteiger partial charge in [-0.15, -0.1) is 12.4 Å². The average Bonchev–Trinajstić information content (AvgIpc) is 3.13. The molecule has 0 spiro atoms. The van der Waals surface area contributed by atoms with E-state index in [1.807, 2.05) is 6.07 Å². The molecule has 2 unspecified atom stereocenters. The minimum atomic E-state index is -0.220. The standard InChI is InChI=1S/C17H26N2O2.ClH/c20-16-12-19-11-14(16)10-18-9-13-5-1-4-8-17(13)21-15-6-2-3-7-15;/h1,4-5,8,14-16,18-20H,2-3,6-7,9-12H2;1H. The second-order valence-corrected chi connectivity index (χ2v) is 6.25. The molecule has 1 aromatic rings. The molecule has 124 valence electrons. The molecular formula is C17H27ClN2O2. The van der Waals surface area contributed by atoms with E-state index in [0.29, 0.717) is 18.6 Å². The van der Waals surface area contributed by atoms with Gasteiger partial charge >= 0.3 is 0 Å². The van der Waals surface area contributed by atoms with Crippen LogP contribution in [0.3, 0.4) is 0 Å². The van der Waals surface area contributed by atoms with Crippen LogP contribution in [-0.2, 0) is 6.54 Å². The molecule has 1 aromatic carbocycles. The maximum absolute atomic E-state index is 9.80. The number of nitrogens with one attached hydrogen (secondary N) is 2. The highest BCUT2D eigenvalue weighted by Gasteiger charge is 2.24. The summed E-state index contributed by atoms with van der Waals surface area (Å²) < 4.78 is 6.15. The van der Waals surface area contributed by atoms with Gasteiger partial charge in [0.15, 0.2) is 0 Å². The fourth-order valence-electron chi connectivity index (χ4n) is 3.27. The molecule has 1 aliphatic carbocycles. The van der Waals surface area contributed by atoms with Gasteiger partial charge in [-0.25, -0.2) is 0 Å². The van der Waals surface area contributed by atoms with E-state index in [-0.39, 0.29) is 18.5 Å². The van der Waals surface area contributed by atoms with E-state index in [0.717, 1.165) is 25.4 Å². The van der Waals surface area contributed by atoms with Gasteiger partial charge in [-0.05, 0) is 31.7 Å². The summed E-state index contributed by atoms with van der Waals surface area (Å²) in [5.41, 5.74) is 1.21. The van der Waals surface area contributed by atoms with Gasteiger partial charge in [0, 0.05) is 37.7 Å². The van der Waals surface area contributed by atoms with Crippen molar-refractivity contribution < 1.29 is 9.84 Å². The van der Waals surface area contributed by atoms with Crippen LogP contribution in [-0.4, -0.2) is 36.9 Å². The number of ether oxygens (including phenoxy) is 1. The Hall–Kier alpha value is -0.810. The van der Waals surface area contributed by atoms with Crippen LogP contribution in [0.4, 0.5) is 0 Å². The number of para-hydroxylation sites is 1. The first-order valence-corrected chi connectivity index (χ1v) is 8.17. The van der Waals surface area contributed by atoms with Gasteiger partial charge in [0.1, 0.15) is 5.75 Å². The van der Waals surface area contributed by atoms with Crippen molar-refractivity contribution in [1.82, 2.24) is 10.6 Å². The Labute approximate surface area is 139 Å². The topological polar surface area (TPSA) is 53.5 Å². The van der Waals surface area contributed by atoms with Crippen LogP contribution in [0.2, 0.25) is 0 Å². The van der Waals surface area contributed by atoms with E-state index in [4.69, 9.17) is 4.74 Å². The molecular weight excluding hydrogens is 300 g/mol. The summed E-state index contributed by atoms with van der Waals surface area (Å²) in [5, 5.41) is 16.5. The molecule has 0 aromatic heterocycles. The van der Waals surface area contributed by atoms with Crippen LogP contribution in [0.25, 0.3) is 0 Å². The highest BCUT2D eigenvalue weighted by Crippen LogP contribution is 2.26. The second-order valence-electron chi connectivity index (χ2n) is 6.25. The van der Waals surface area contributed by atoms with Crippen molar-refractivity contribution in [2.24, 2.45) is 5.92 Å². The Morgan fingerprint density at radius 2 is 1.95 bits per heavy atom. The molecule has 3 rings (SSSR count). The molecule has 5 heteroatoms. The van der Waals surface area contributed by atoms with E-state index in [9.17, 15) is 5.11 Å². The molecule has 2 aliphatic rings. The lowest BCUT2D eigenvalue weighted by Gasteiger charge is -2.18. The molecule has 4 nitrogen and oxygen atoms in total. The Kier molecular flexibility index (Phi) is 6.96.